The predicted molar refractivity (Wildman–Crippen MR) is 137 cm³/mol. The lowest BCUT2D eigenvalue weighted by Crippen LogP contribution is -2.49. The van der Waals surface area contributed by atoms with Crippen molar-refractivity contribution in [2.45, 2.75) is 31.8 Å². The highest BCUT2D eigenvalue weighted by molar-refractivity contribution is 6.31. The number of hydrogen-bond acceptors (Lipinski definition) is 2. The van der Waals surface area contributed by atoms with Crippen LogP contribution in [0, 0.1) is 0 Å². The number of benzene rings is 3. The van der Waals surface area contributed by atoms with Crippen molar-refractivity contribution in [2.75, 3.05) is 7.05 Å². The maximum atomic E-state index is 13.5. The number of H-pyrrole nitrogens is 1. The summed E-state index contributed by atoms with van der Waals surface area (Å²) in [6, 6.07) is 24.4. The average Bonchev–Trinajstić information content (AvgIpc) is 3.25. The number of aromatic nitrogens is 1. The number of carbonyl (C=O) groups is 2. The summed E-state index contributed by atoms with van der Waals surface area (Å²) in [5.74, 6) is -0.341. The van der Waals surface area contributed by atoms with E-state index in [2.05, 4.69) is 10.3 Å². The van der Waals surface area contributed by atoms with Gasteiger partial charge >= 0.3 is 0 Å². The van der Waals surface area contributed by atoms with E-state index in [4.69, 9.17) is 11.6 Å². The van der Waals surface area contributed by atoms with E-state index in [0.29, 0.717) is 11.4 Å². The van der Waals surface area contributed by atoms with Gasteiger partial charge in [-0.15, -0.1) is 0 Å². The summed E-state index contributed by atoms with van der Waals surface area (Å²) in [6.45, 7) is 1.99. The first-order chi connectivity index (χ1) is 16.4. The first-order valence-electron chi connectivity index (χ1n) is 11.3. The largest absolute Gasteiger partial charge is 0.361 e. The monoisotopic (exact) mass is 473 g/mol. The third-order valence-corrected chi connectivity index (χ3v) is 6.44. The number of nitrogens with one attached hydrogen (secondary N) is 2. The summed E-state index contributed by atoms with van der Waals surface area (Å²) in [7, 11) is 1.78. The van der Waals surface area contributed by atoms with Crippen molar-refractivity contribution in [3.05, 3.63) is 107 Å². The van der Waals surface area contributed by atoms with Crippen LogP contribution in [0.3, 0.4) is 0 Å². The van der Waals surface area contributed by atoms with Crippen molar-refractivity contribution in [1.29, 1.82) is 0 Å². The van der Waals surface area contributed by atoms with Crippen molar-refractivity contribution in [1.82, 2.24) is 15.2 Å². The predicted octanol–water partition coefficient (Wildman–Crippen LogP) is 5.31. The van der Waals surface area contributed by atoms with Crippen molar-refractivity contribution < 1.29 is 9.59 Å². The molecule has 0 aliphatic heterocycles. The molecule has 0 bridgehead atoms. The van der Waals surface area contributed by atoms with E-state index in [-0.39, 0.29) is 24.3 Å². The van der Waals surface area contributed by atoms with Gasteiger partial charge in [0.25, 0.3) is 0 Å². The van der Waals surface area contributed by atoms with Gasteiger partial charge in [0.05, 0.1) is 12.5 Å². The SMILES string of the molecule is C[C@H](c1ccccc1)N(C)C(=O)[C@H](Cc1ccccc1)NC(=O)Cc1c[nH]c2ccc(Cl)cc12. The summed E-state index contributed by atoms with van der Waals surface area (Å²) in [5.41, 5.74) is 3.78. The quantitative estimate of drug-likeness (QED) is 0.364. The zero-order valence-electron chi connectivity index (χ0n) is 19.3. The minimum atomic E-state index is -0.681. The van der Waals surface area contributed by atoms with Gasteiger partial charge in [-0.05, 0) is 41.8 Å². The van der Waals surface area contributed by atoms with Gasteiger partial charge in [0, 0.05) is 35.6 Å². The van der Waals surface area contributed by atoms with E-state index in [1.165, 1.54) is 0 Å². The van der Waals surface area contributed by atoms with Crippen LogP contribution in [-0.2, 0) is 22.4 Å². The highest BCUT2D eigenvalue weighted by Gasteiger charge is 2.27. The second kappa shape index (κ2) is 10.6. The van der Waals surface area contributed by atoms with Gasteiger partial charge in [-0.25, -0.2) is 0 Å². The molecule has 174 valence electrons. The number of nitrogens with zero attached hydrogens (tertiary/aromatic N) is 1. The number of rotatable bonds is 8. The summed E-state index contributed by atoms with van der Waals surface area (Å²) in [6.07, 6.45) is 2.38. The molecule has 0 saturated heterocycles. The van der Waals surface area contributed by atoms with Crippen molar-refractivity contribution >= 4 is 34.3 Å². The number of fused-ring (bicyclic) bond motifs is 1. The number of carbonyl (C=O) groups excluding carboxylic acids is 2. The molecule has 0 spiro atoms. The molecule has 2 amide bonds. The van der Waals surface area contributed by atoms with E-state index >= 15 is 0 Å². The maximum Gasteiger partial charge on any atom is 0.245 e. The lowest BCUT2D eigenvalue weighted by atomic mass is 10.0. The zero-order chi connectivity index (χ0) is 24.1. The van der Waals surface area contributed by atoms with Crippen LogP contribution in [0.25, 0.3) is 10.9 Å². The first kappa shape index (κ1) is 23.6. The molecule has 0 fully saturated rings. The number of aromatic amines is 1. The Labute approximate surface area is 204 Å². The van der Waals surface area contributed by atoms with E-state index < -0.39 is 6.04 Å². The van der Waals surface area contributed by atoms with Crippen LogP contribution in [0.5, 0.6) is 0 Å². The van der Waals surface area contributed by atoms with Gasteiger partial charge in [0.2, 0.25) is 11.8 Å². The molecule has 1 heterocycles. The maximum absolute atomic E-state index is 13.5. The third kappa shape index (κ3) is 5.49. The average molecular weight is 474 g/mol. The van der Waals surface area contributed by atoms with Gasteiger partial charge in [0.15, 0.2) is 0 Å². The van der Waals surface area contributed by atoms with Crippen molar-refractivity contribution in [3.63, 3.8) is 0 Å². The van der Waals surface area contributed by atoms with Crippen molar-refractivity contribution in [2.24, 2.45) is 0 Å². The Hall–Kier alpha value is -3.57. The second-order valence-electron chi connectivity index (χ2n) is 8.53. The number of likely N-dealkylation sites (N-methyl/N-ethyl adjacent to an activating group) is 1. The fraction of sp³-hybridized carbons (Fsp3) is 0.214. The fourth-order valence-corrected chi connectivity index (χ4v) is 4.33. The highest BCUT2D eigenvalue weighted by atomic mass is 35.5. The fourth-order valence-electron chi connectivity index (χ4n) is 4.16. The van der Waals surface area contributed by atoms with Gasteiger partial charge in [0.1, 0.15) is 6.04 Å². The highest BCUT2D eigenvalue weighted by Crippen LogP contribution is 2.23. The number of amides is 2. The summed E-state index contributed by atoms with van der Waals surface area (Å²) >= 11 is 6.15. The molecule has 0 radical (unpaired) electrons. The molecular formula is C28H28ClN3O2. The van der Waals surface area contributed by atoms with E-state index in [0.717, 1.165) is 27.6 Å². The molecule has 0 aliphatic rings. The van der Waals surface area contributed by atoms with Crippen LogP contribution in [0.2, 0.25) is 5.02 Å². The van der Waals surface area contributed by atoms with E-state index in [9.17, 15) is 9.59 Å². The Morgan fingerprint density at radius 2 is 1.68 bits per heavy atom. The summed E-state index contributed by atoms with van der Waals surface area (Å²) < 4.78 is 0. The zero-order valence-corrected chi connectivity index (χ0v) is 20.0. The Morgan fingerprint density at radius 1 is 1.00 bits per heavy atom. The molecule has 0 saturated carbocycles. The molecule has 2 atom stereocenters. The molecule has 4 aromatic rings. The lowest BCUT2D eigenvalue weighted by Gasteiger charge is -2.30. The standard InChI is InChI=1S/C28H28ClN3O2/c1-19(21-11-7-4-8-12-21)32(2)28(34)26(15-20-9-5-3-6-10-20)31-27(33)16-22-18-30-25-14-13-23(29)17-24(22)25/h3-14,17-19,26,30H,15-16H2,1-2H3,(H,31,33)/t19-,26+/m1/s1. The minimum absolute atomic E-state index is 0.125. The van der Waals surface area contributed by atoms with Crippen LogP contribution in [0.4, 0.5) is 0 Å². The summed E-state index contributed by atoms with van der Waals surface area (Å²) in [5, 5.41) is 4.51. The van der Waals surface area contributed by atoms with E-state index in [1.807, 2.05) is 92.0 Å². The molecule has 34 heavy (non-hydrogen) atoms. The van der Waals surface area contributed by atoms with Crippen molar-refractivity contribution in [3.8, 4) is 0 Å². The third-order valence-electron chi connectivity index (χ3n) is 6.21. The van der Waals surface area contributed by atoms with Gasteiger partial charge < -0.3 is 15.2 Å². The van der Waals surface area contributed by atoms with Crippen LogP contribution in [0.1, 0.15) is 29.7 Å². The molecule has 1 aromatic heterocycles. The Kier molecular flexibility index (Phi) is 7.33. The smallest absolute Gasteiger partial charge is 0.245 e. The molecule has 2 N–H and O–H groups in total. The Balaban J connectivity index is 1.53. The van der Waals surface area contributed by atoms with E-state index in [1.54, 1.807) is 11.9 Å². The molecule has 0 aliphatic carbocycles. The van der Waals surface area contributed by atoms with Gasteiger partial charge in [-0.2, -0.15) is 0 Å². The molecule has 6 heteroatoms. The molecule has 5 nitrogen and oxygen atoms in total. The summed E-state index contributed by atoms with van der Waals surface area (Å²) in [4.78, 5) is 31.5. The number of hydrogen-bond donors (Lipinski definition) is 2. The Bertz CT molecular complexity index is 1270. The van der Waals surface area contributed by atoms with Crippen LogP contribution in [-0.4, -0.2) is 34.8 Å². The topological polar surface area (TPSA) is 65.2 Å². The molecule has 4 rings (SSSR count). The van der Waals surface area contributed by atoms with Gasteiger partial charge in [-0.3, -0.25) is 9.59 Å². The molecule has 0 unspecified atom stereocenters. The first-order valence-corrected chi connectivity index (χ1v) is 11.7. The normalized spacial score (nSPS) is 12.8. The van der Waals surface area contributed by atoms with Gasteiger partial charge in [-0.1, -0.05) is 72.3 Å². The van der Waals surface area contributed by atoms with Crippen LogP contribution < -0.4 is 5.32 Å². The number of halogens is 1. The Morgan fingerprint density at radius 3 is 2.38 bits per heavy atom. The molecule has 3 aromatic carbocycles. The van der Waals surface area contributed by atoms with Crippen LogP contribution in [0.15, 0.2) is 85.1 Å². The van der Waals surface area contributed by atoms with Crippen LogP contribution >= 0.6 is 11.6 Å². The lowest BCUT2D eigenvalue weighted by molar-refractivity contribution is -0.136. The molecular weight excluding hydrogens is 446 g/mol. The minimum Gasteiger partial charge on any atom is -0.361 e. The second-order valence-corrected chi connectivity index (χ2v) is 8.96.